The van der Waals surface area contributed by atoms with Crippen LogP contribution in [0.25, 0.3) is 0 Å². The number of hydrogen-bond donors (Lipinski definition) is 1. The molecular weight excluding hydrogens is 230 g/mol. The van der Waals surface area contributed by atoms with Crippen molar-refractivity contribution in [2.75, 3.05) is 26.2 Å². The van der Waals surface area contributed by atoms with Gasteiger partial charge in [0.05, 0.1) is 0 Å². The van der Waals surface area contributed by atoms with Gasteiger partial charge in [0.1, 0.15) is 6.04 Å². The Bertz CT molecular complexity index is 388. The summed E-state index contributed by atoms with van der Waals surface area (Å²) in [4.78, 5) is 19.3. The standard InChI is InChI=1S/C13H19N3O2/c1-11(13(17)18)16-8-6-15(7-9-16)10-12-2-4-14-5-3-12/h2-5,11H,6-10H2,1H3,(H,17,18). The van der Waals surface area contributed by atoms with E-state index in [0.717, 1.165) is 32.7 Å². The van der Waals surface area contributed by atoms with Gasteiger partial charge >= 0.3 is 5.97 Å². The molecule has 1 unspecified atom stereocenters. The lowest BCUT2D eigenvalue weighted by Gasteiger charge is -2.36. The first kappa shape index (κ1) is 13.0. The molecule has 1 aromatic heterocycles. The smallest absolute Gasteiger partial charge is 0.320 e. The molecule has 0 amide bonds. The molecule has 1 aromatic rings. The summed E-state index contributed by atoms with van der Waals surface area (Å²) in [6.07, 6.45) is 3.61. The van der Waals surface area contributed by atoms with Crippen molar-refractivity contribution in [1.29, 1.82) is 0 Å². The fraction of sp³-hybridized carbons (Fsp3) is 0.538. The van der Waals surface area contributed by atoms with Crippen molar-refractivity contribution < 1.29 is 9.90 Å². The van der Waals surface area contributed by atoms with Gasteiger partial charge in [-0.2, -0.15) is 0 Å². The van der Waals surface area contributed by atoms with Gasteiger partial charge in [-0.1, -0.05) is 0 Å². The minimum atomic E-state index is -0.738. The molecule has 0 spiro atoms. The second-order valence-corrected chi connectivity index (χ2v) is 4.68. The SMILES string of the molecule is CC(C(=O)O)N1CCN(Cc2ccncc2)CC1. The van der Waals surface area contributed by atoms with Crippen LogP contribution in [0, 0.1) is 0 Å². The molecule has 1 fully saturated rings. The quantitative estimate of drug-likeness (QED) is 0.850. The van der Waals surface area contributed by atoms with Crippen LogP contribution in [-0.4, -0.2) is 58.1 Å². The number of aromatic nitrogens is 1. The third-order valence-corrected chi connectivity index (χ3v) is 3.47. The number of hydrogen-bond acceptors (Lipinski definition) is 4. The zero-order valence-electron chi connectivity index (χ0n) is 10.6. The number of nitrogens with zero attached hydrogens (tertiary/aromatic N) is 3. The molecule has 0 bridgehead atoms. The summed E-state index contributed by atoms with van der Waals surface area (Å²) in [7, 11) is 0. The third-order valence-electron chi connectivity index (χ3n) is 3.47. The van der Waals surface area contributed by atoms with Gasteiger partial charge in [0.25, 0.3) is 0 Å². The fourth-order valence-electron chi connectivity index (χ4n) is 2.21. The van der Waals surface area contributed by atoms with E-state index in [4.69, 9.17) is 5.11 Å². The number of pyridine rings is 1. The summed E-state index contributed by atoms with van der Waals surface area (Å²) in [6.45, 7) is 6.13. The minimum Gasteiger partial charge on any atom is -0.480 e. The number of piperazine rings is 1. The highest BCUT2D eigenvalue weighted by Crippen LogP contribution is 2.10. The zero-order chi connectivity index (χ0) is 13.0. The molecule has 1 N–H and O–H groups in total. The maximum absolute atomic E-state index is 10.9. The van der Waals surface area contributed by atoms with Crippen LogP contribution < -0.4 is 0 Å². The molecule has 1 saturated heterocycles. The van der Waals surface area contributed by atoms with Gasteiger partial charge in [-0.05, 0) is 24.6 Å². The average Bonchev–Trinajstić information content (AvgIpc) is 2.40. The largest absolute Gasteiger partial charge is 0.480 e. The molecule has 1 aliphatic heterocycles. The second kappa shape index (κ2) is 5.93. The van der Waals surface area contributed by atoms with E-state index in [-0.39, 0.29) is 6.04 Å². The first-order valence-corrected chi connectivity index (χ1v) is 6.25. The summed E-state index contributed by atoms with van der Waals surface area (Å²) in [5.41, 5.74) is 1.25. The van der Waals surface area contributed by atoms with E-state index >= 15 is 0 Å². The molecule has 1 aliphatic rings. The monoisotopic (exact) mass is 249 g/mol. The Morgan fingerprint density at radius 2 is 1.94 bits per heavy atom. The number of carbonyl (C=O) groups is 1. The summed E-state index contributed by atoms with van der Waals surface area (Å²) in [5.74, 6) is -0.738. The van der Waals surface area contributed by atoms with Gasteiger partial charge in [-0.25, -0.2) is 0 Å². The highest BCUT2D eigenvalue weighted by atomic mass is 16.4. The molecule has 0 radical (unpaired) electrons. The first-order valence-electron chi connectivity index (χ1n) is 6.25. The number of carboxylic acid groups (broad SMARTS) is 1. The van der Waals surface area contributed by atoms with Crippen LogP contribution >= 0.6 is 0 Å². The molecular formula is C13H19N3O2. The number of carboxylic acids is 1. The lowest BCUT2D eigenvalue weighted by molar-refractivity contribution is -0.143. The van der Waals surface area contributed by atoms with Gasteiger partial charge in [-0.15, -0.1) is 0 Å². The number of rotatable bonds is 4. The molecule has 0 aliphatic carbocycles. The maximum Gasteiger partial charge on any atom is 0.320 e. The Kier molecular flexibility index (Phi) is 4.28. The van der Waals surface area contributed by atoms with Crippen LogP contribution in [0.2, 0.25) is 0 Å². The van der Waals surface area contributed by atoms with Crippen LogP contribution in [0.5, 0.6) is 0 Å². The Hall–Kier alpha value is -1.46. The molecule has 18 heavy (non-hydrogen) atoms. The molecule has 0 aromatic carbocycles. The van der Waals surface area contributed by atoms with Crippen molar-refractivity contribution in [3.63, 3.8) is 0 Å². The molecule has 2 heterocycles. The Balaban J connectivity index is 1.82. The maximum atomic E-state index is 10.9. The van der Waals surface area contributed by atoms with Crippen molar-refractivity contribution in [2.24, 2.45) is 0 Å². The average molecular weight is 249 g/mol. The van der Waals surface area contributed by atoms with Crippen molar-refractivity contribution in [2.45, 2.75) is 19.5 Å². The molecule has 5 nitrogen and oxygen atoms in total. The van der Waals surface area contributed by atoms with Gasteiger partial charge in [0.2, 0.25) is 0 Å². The highest BCUT2D eigenvalue weighted by Gasteiger charge is 2.24. The Morgan fingerprint density at radius 3 is 2.50 bits per heavy atom. The summed E-state index contributed by atoms with van der Waals surface area (Å²) >= 11 is 0. The summed E-state index contributed by atoms with van der Waals surface area (Å²) < 4.78 is 0. The van der Waals surface area contributed by atoms with Crippen LogP contribution in [0.15, 0.2) is 24.5 Å². The topological polar surface area (TPSA) is 56.7 Å². The van der Waals surface area contributed by atoms with E-state index in [1.54, 1.807) is 19.3 Å². The van der Waals surface area contributed by atoms with E-state index in [9.17, 15) is 4.79 Å². The van der Waals surface area contributed by atoms with E-state index in [0.29, 0.717) is 0 Å². The van der Waals surface area contributed by atoms with Crippen LogP contribution in [-0.2, 0) is 11.3 Å². The zero-order valence-corrected chi connectivity index (χ0v) is 10.6. The Labute approximate surface area is 107 Å². The third kappa shape index (κ3) is 3.27. The lowest BCUT2D eigenvalue weighted by Crippen LogP contribution is -2.51. The van der Waals surface area contributed by atoms with E-state index < -0.39 is 5.97 Å². The first-order chi connectivity index (χ1) is 8.66. The van der Waals surface area contributed by atoms with Crippen molar-refractivity contribution in [1.82, 2.24) is 14.8 Å². The molecule has 2 rings (SSSR count). The van der Waals surface area contributed by atoms with Crippen molar-refractivity contribution in [3.05, 3.63) is 30.1 Å². The van der Waals surface area contributed by atoms with Gasteiger partial charge in [0.15, 0.2) is 0 Å². The lowest BCUT2D eigenvalue weighted by atomic mass is 10.2. The van der Waals surface area contributed by atoms with Crippen LogP contribution in [0.3, 0.4) is 0 Å². The molecule has 1 atom stereocenters. The second-order valence-electron chi connectivity index (χ2n) is 4.68. The van der Waals surface area contributed by atoms with E-state index in [1.807, 2.05) is 17.0 Å². The Morgan fingerprint density at radius 1 is 1.33 bits per heavy atom. The molecule has 5 heteroatoms. The van der Waals surface area contributed by atoms with Crippen molar-refractivity contribution >= 4 is 5.97 Å². The predicted octanol–water partition coefficient (Wildman–Crippen LogP) is 0.672. The normalized spacial score (nSPS) is 19.6. The summed E-state index contributed by atoms with van der Waals surface area (Å²) in [6, 6.07) is 3.66. The van der Waals surface area contributed by atoms with E-state index in [2.05, 4.69) is 9.88 Å². The highest BCUT2D eigenvalue weighted by molar-refractivity contribution is 5.72. The predicted molar refractivity (Wildman–Crippen MR) is 68.2 cm³/mol. The molecule has 98 valence electrons. The van der Waals surface area contributed by atoms with Gasteiger partial charge in [0, 0.05) is 45.1 Å². The van der Waals surface area contributed by atoms with Crippen molar-refractivity contribution in [3.8, 4) is 0 Å². The number of aliphatic carboxylic acids is 1. The van der Waals surface area contributed by atoms with E-state index in [1.165, 1.54) is 5.56 Å². The van der Waals surface area contributed by atoms with Crippen LogP contribution in [0.4, 0.5) is 0 Å². The molecule has 0 saturated carbocycles. The van der Waals surface area contributed by atoms with Crippen LogP contribution in [0.1, 0.15) is 12.5 Å². The van der Waals surface area contributed by atoms with Gasteiger partial charge < -0.3 is 5.11 Å². The fourth-order valence-corrected chi connectivity index (χ4v) is 2.21. The summed E-state index contributed by atoms with van der Waals surface area (Å²) in [5, 5.41) is 8.97. The van der Waals surface area contributed by atoms with Gasteiger partial charge in [-0.3, -0.25) is 19.6 Å². The minimum absolute atomic E-state index is 0.381.